The van der Waals surface area contributed by atoms with Crippen LogP contribution >= 0.6 is 0 Å². The molecule has 0 aliphatic carbocycles. The number of anilines is 2. The highest BCUT2D eigenvalue weighted by Gasteiger charge is 2.22. The quantitative estimate of drug-likeness (QED) is 0.445. The average Bonchev–Trinajstić information content (AvgIpc) is 3.47. The molecule has 3 heterocycles. The first-order chi connectivity index (χ1) is 15.4. The van der Waals surface area contributed by atoms with Gasteiger partial charge in [0.2, 0.25) is 0 Å². The van der Waals surface area contributed by atoms with E-state index in [0.29, 0.717) is 33.4 Å². The number of halogens is 1. The Balaban J connectivity index is 1.66. The Morgan fingerprint density at radius 3 is 2.56 bits per heavy atom. The van der Waals surface area contributed by atoms with Crippen molar-refractivity contribution in [2.75, 3.05) is 22.7 Å². The van der Waals surface area contributed by atoms with Gasteiger partial charge in [-0.2, -0.15) is 0 Å². The number of rotatable bonds is 5. The number of H-pyrrole nitrogens is 1. The van der Waals surface area contributed by atoms with E-state index in [4.69, 9.17) is 0 Å². The Bertz CT molecular complexity index is 1390. The van der Waals surface area contributed by atoms with E-state index < -0.39 is 10.0 Å². The van der Waals surface area contributed by atoms with Crippen LogP contribution < -0.4 is 9.62 Å². The molecule has 0 amide bonds. The minimum absolute atomic E-state index is 0.156. The lowest BCUT2D eigenvalue weighted by atomic mass is 10.0. The average molecular weight is 451 g/mol. The highest BCUT2D eigenvalue weighted by atomic mass is 32.2. The van der Waals surface area contributed by atoms with E-state index in [-0.39, 0.29) is 10.7 Å². The SMILES string of the molecule is Cc1cnc2[nH]cc(-c3cc(N4CCCC4)ccc3F)c2c1NS(=O)(=O)c1ccccc1. The van der Waals surface area contributed by atoms with Gasteiger partial charge in [-0.15, -0.1) is 0 Å². The molecule has 8 heteroatoms. The Labute approximate surface area is 186 Å². The molecule has 1 aliphatic rings. The minimum Gasteiger partial charge on any atom is -0.372 e. The summed E-state index contributed by atoms with van der Waals surface area (Å²) in [7, 11) is -3.83. The van der Waals surface area contributed by atoms with Crippen molar-refractivity contribution in [3.05, 3.63) is 72.3 Å². The van der Waals surface area contributed by atoms with E-state index in [2.05, 4.69) is 19.6 Å². The number of pyridine rings is 1. The van der Waals surface area contributed by atoms with Crippen LogP contribution in [0.2, 0.25) is 0 Å². The smallest absolute Gasteiger partial charge is 0.261 e. The Morgan fingerprint density at radius 1 is 1.06 bits per heavy atom. The summed E-state index contributed by atoms with van der Waals surface area (Å²) in [5.74, 6) is -0.368. The van der Waals surface area contributed by atoms with Crippen molar-refractivity contribution in [2.45, 2.75) is 24.7 Å². The topological polar surface area (TPSA) is 78.1 Å². The van der Waals surface area contributed by atoms with Crippen molar-refractivity contribution in [2.24, 2.45) is 0 Å². The largest absolute Gasteiger partial charge is 0.372 e. The predicted octanol–water partition coefficient (Wildman–Crippen LogP) is 5.08. The molecule has 1 fully saturated rings. The molecule has 2 aromatic heterocycles. The van der Waals surface area contributed by atoms with E-state index in [1.165, 1.54) is 18.2 Å². The van der Waals surface area contributed by atoms with Crippen LogP contribution in [0.1, 0.15) is 18.4 Å². The fourth-order valence-electron chi connectivity index (χ4n) is 4.22. The number of aromatic nitrogens is 2. The van der Waals surface area contributed by atoms with Gasteiger partial charge in [-0.3, -0.25) is 4.72 Å². The van der Waals surface area contributed by atoms with Gasteiger partial charge < -0.3 is 9.88 Å². The summed E-state index contributed by atoms with van der Waals surface area (Å²) in [6, 6.07) is 13.3. The van der Waals surface area contributed by atoms with Crippen LogP contribution in [0.4, 0.5) is 15.8 Å². The molecule has 0 atom stereocenters. The number of sulfonamides is 1. The maximum Gasteiger partial charge on any atom is 0.261 e. The van der Waals surface area contributed by atoms with Crippen LogP contribution in [0.3, 0.4) is 0 Å². The molecule has 0 unspecified atom stereocenters. The summed E-state index contributed by atoms with van der Waals surface area (Å²) in [5, 5.41) is 0.543. The maximum absolute atomic E-state index is 15.0. The lowest BCUT2D eigenvalue weighted by Crippen LogP contribution is -2.17. The van der Waals surface area contributed by atoms with Gasteiger partial charge >= 0.3 is 0 Å². The molecule has 1 aliphatic heterocycles. The molecule has 164 valence electrons. The van der Waals surface area contributed by atoms with Crippen LogP contribution in [0.25, 0.3) is 22.2 Å². The summed E-state index contributed by atoms with van der Waals surface area (Å²) < 4.78 is 43.8. The first-order valence-electron chi connectivity index (χ1n) is 10.5. The van der Waals surface area contributed by atoms with Crippen LogP contribution in [0.15, 0.2) is 65.8 Å². The molecule has 0 spiro atoms. The van der Waals surface area contributed by atoms with Crippen molar-refractivity contribution in [3.8, 4) is 11.1 Å². The van der Waals surface area contributed by atoms with Crippen LogP contribution in [-0.4, -0.2) is 31.5 Å². The molecule has 0 saturated carbocycles. The first kappa shape index (κ1) is 20.5. The van der Waals surface area contributed by atoms with Gasteiger partial charge in [-0.05, 0) is 55.7 Å². The highest BCUT2D eigenvalue weighted by Crippen LogP contribution is 2.38. The molecule has 0 bridgehead atoms. The second kappa shape index (κ2) is 7.94. The number of aryl methyl sites for hydroxylation is 1. The predicted molar refractivity (Wildman–Crippen MR) is 125 cm³/mol. The van der Waals surface area contributed by atoms with Crippen LogP contribution in [-0.2, 0) is 10.0 Å². The van der Waals surface area contributed by atoms with Gasteiger partial charge in [-0.1, -0.05) is 18.2 Å². The third-order valence-electron chi connectivity index (χ3n) is 5.89. The molecule has 6 nitrogen and oxygen atoms in total. The lowest BCUT2D eigenvalue weighted by Gasteiger charge is -2.19. The molecule has 32 heavy (non-hydrogen) atoms. The maximum atomic E-state index is 15.0. The van der Waals surface area contributed by atoms with Crippen molar-refractivity contribution >= 4 is 32.4 Å². The van der Waals surface area contributed by atoms with Crippen molar-refractivity contribution in [1.29, 1.82) is 0 Å². The molecule has 1 saturated heterocycles. The van der Waals surface area contributed by atoms with Crippen LogP contribution in [0, 0.1) is 12.7 Å². The standard InChI is InChI=1S/C24H23FN4O2S/c1-16-14-26-24-22(23(16)28-32(30,31)18-7-3-2-4-8-18)20(15-27-24)19-13-17(9-10-21(19)25)29-11-5-6-12-29/h2-4,7-10,13-15H,5-6,11-12H2,1H3,(H2,26,27,28). The van der Waals surface area contributed by atoms with E-state index >= 15 is 0 Å². The van der Waals surface area contributed by atoms with E-state index in [1.807, 2.05) is 6.07 Å². The molecular formula is C24H23FN4O2S. The first-order valence-corrected chi connectivity index (χ1v) is 12.0. The van der Waals surface area contributed by atoms with Gasteiger partial charge in [0, 0.05) is 42.3 Å². The second-order valence-corrected chi connectivity index (χ2v) is 9.70. The summed E-state index contributed by atoms with van der Waals surface area (Å²) >= 11 is 0. The third-order valence-corrected chi connectivity index (χ3v) is 7.26. The van der Waals surface area contributed by atoms with Crippen molar-refractivity contribution in [1.82, 2.24) is 9.97 Å². The van der Waals surface area contributed by atoms with E-state index in [9.17, 15) is 12.8 Å². The normalized spacial score (nSPS) is 14.2. The molecule has 5 rings (SSSR count). The molecule has 0 radical (unpaired) electrons. The fourth-order valence-corrected chi connectivity index (χ4v) is 5.38. The lowest BCUT2D eigenvalue weighted by molar-refractivity contribution is 0.601. The number of aromatic amines is 1. The number of hydrogen-bond donors (Lipinski definition) is 2. The Morgan fingerprint density at radius 2 is 1.81 bits per heavy atom. The van der Waals surface area contributed by atoms with Gasteiger partial charge in [0.15, 0.2) is 0 Å². The van der Waals surface area contributed by atoms with E-state index in [0.717, 1.165) is 31.6 Å². The Kier molecular flexibility index (Phi) is 5.09. The second-order valence-electron chi connectivity index (χ2n) is 8.02. The summed E-state index contributed by atoms with van der Waals surface area (Å²) in [6.07, 6.45) is 5.52. The van der Waals surface area contributed by atoms with Crippen LogP contribution in [0.5, 0.6) is 0 Å². The summed E-state index contributed by atoms with van der Waals surface area (Å²) in [5.41, 5.74) is 3.46. The fraction of sp³-hybridized carbons (Fsp3) is 0.208. The minimum atomic E-state index is -3.83. The number of nitrogens with zero attached hydrogens (tertiary/aromatic N) is 2. The monoisotopic (exact) mass is 450 g/mol. The zero-order valence-electron chi connectivity index (χ0n) is 17.6. The van der Waals surface area contributed by atoms with Crippen molar-refractivity contribution in [3.63, 3.8) is 0 Å². The number of nitrogens with one attached hydrogen (secondary N) is 2. The Hall–Kier alpha value is -3.39. The van der Waals surface area contributed by atoms with Gasteiger partial charge in [0.25, 0.3) is 10.0 Å². The van der Waals surface area contributed by atoms with Gasteiger partial charge in [0.05, 0.1) is 16.0 Å². The van der Waals surface area contributed by atoms with Crippen molar-refractivity contribution < 1.29 is 12.8 Å². The number of benzene rings is 2. The number of hydrogen-bond acceptors (Lipinski definition) is 4. The molecular weight excluding hydrogens is 427 g/mol. The zero-order valence-corrected chi connectivity index (χ0v) is 18.4. The highest BCUT2D eigenvalue weighted by molar-refractivity contribution is 7.92. The van der Waals surface area contributed by atoms with Gasteiger partial charge in [0.1, 0.15) is 11.5 Å². The summed E-state index contributed by atoms with van der Waals surface area (Å²) in [4.78, 5) is 9.86. The molecule has 2 N–H and O–H groups in total. The van der Waals surface area contributed by atoms with Gasteiger partial charge in [-0.25, -0.2) is 17.8 Å². The number of fused-ring (bicyclic) bond motifs is 1. The third kappa shape index (κ3) is 3.60. The van der Waals surface area contributed by atoms with E-state index in [1.54, 1.807) is 43.6 Å². The molecule has 4 aromatic rings. The summed E-state index contributed by atoms with van der Waals surface area (Å²) in [6.45, 7) is 3.67. The zero-order chi connectivity index (χ0) is 22.3. The molecule has 2 aromatic carbocycles.